The molecule has 1 aliphatic heterocycles. The smallest absolute Gasteiger partial charge is 0.130 e. The zero-order valence-electron chi connectivity index (χ0n) is 10.9. The molecule has 18 heavy (non-hydrogen) atoms. The third kappa shape index (κ3) is 4.15. The molecule has 1 unspecified atom stereocenters. The molecule has 0 aromatic heterocycles. The highest BCUT2D eigenvalue weighted by atomic mass is 16.5. The first-order valence-electron chi connectivity index (χ1n) is 6.57. The largest absolute Gasteiger partial charge is 0.491 e. The van der Waals surface area contributed by atoms with Crippen LogP contribution in [0.5, 0.6) is 5.75 Å². The van der Waals surface area contributed by atoms with Crippen molar-refractivity contribution in [2.24, 2.45) is 0 Å². The molecule has 0 amide bonds. The molecular weight excluding hydrogens is 228 g/mol. The van der Waals surface area contributed by atoms with Crippen LogP contribution in [0.3, 0.4) is 0 Å². The fourth-order valence-corrected chi connectivity index (χ4v) is 2.04. The Labute approximate surface area is 108 Å². The molecule has 0 radical (unpaired) electrons. The first kappa shape index (κ1) is 13.1. The Morgan fingerprint density at radius 3 is 2.78 bits per heavy atom. The van der Waals surface area contributed by atoms with Gasteiger partial charge in [0.2, 0.25) is 0 Å². The quantitative estimate of drug-likeness (QED) is 0.776. The molecule has 3 nitrogen and oxygen atoms in total. The standard InChI is InChI=1S/C15H20O3/c1-12(16)4-5-13-6-8-14(9-7-13)18-11-15-3-2-10-17-15/h6-9,15H,2-5,10-11H2,1H3. The van der Waals surface area contributed by atoms with Gasteiger partial charge in [-0.2, -0.15) is 0 Å². The first-order chi connectivity index (χ1) is 8.74. The fraction of sp³-hybridized carbons (Fsp3) is 0.533. The molecule has 1 aromatic rings. The predicted molar refractivity (Wildman–Crippen MR) is 69.9 cm³/mol. The number of Topliss-reactive ketones (excluding diaryl/α,β-unsaturated/α-hetero) is 1. The average molecular weight is 248 g/mol. The summed E-state index contributed by atoms with van der Waals surface area (Å²) < 4.78 is 11.2. The maximum absolute atomic E-state index is 10.9. The van der Waals surface area contributed by atoms with Gasteiger partial charge in [-0.05, 0) is 43.9 Å². The van der Waals surface area contributed by atoms with Gasteiger partial charge < -0.3 is 14.3 Å². The summed E-state index contributed by atoms with van der Waals surface area (Å²) in [4.78, 5) is 10.9. The number of hydrogen-bond acceptors (Lipinski definition) is 3. The van der Waals surface area contributed by atoms with Crippen molar-refractivity contribution in [3.63, 3.8) is 0 Å². The Balaban J connectivity index is 1.77. The number of carbonyl (C=O) groups is 1. The van der Waals surface area contributed by atoms with Crippen molar-refractivity contribution in [2.45, 2.75) is 38.7 Å². The number of benzene rings is 1. The monoisotopic (exact) mass is 248 g/mol. The van der Waals surface area contributed by atoms with E-state index in [2.05, 4.69) is 0 Å². The van der Waals surface area contributed by atoms with Gasteiger partial charge in [-0.1, -0.05) is 12.1 Å². The molecule has 1 aliphatic rings. The molecule has 0 N–H and O–H groups in total. The molecular formula is C15H20O3. The lowest BCUT2D eigenvalue weighted by Crippen LogP contribution is -2.16. The third-order valence-corrected chi connectivity index (χ3v) is 3.15. The van der Waals surface area contributed by atoms with Crippen LogP contribution in [0.25, 0.3) is 0 Å². The highest BCUT2D eigenvalue weighted by Gasteiger charge is 2.15. The van der Waals surface area contributed by atoms with E-state index in [1.54, 1.807) is 6.92 Å². The van der Waals surface area contributed by atoms with Gasteiger partial charge in [-0.15, -0.1) is 0 Å². The molecule has 1 heterocycles. The van der Waals surface area contributed by atoms with Crippen LogP contribution in [0, 0.1) is 0 Å². The molecule has 0 bridgehead atoms. The molecule has 0 saturated carbocycles. The third-order valence-electron chi connectivity index (χ3n) is 3.15. The molecule has 1 saturated heterocycles. The minimum absolute atomic E-state index is 0.230. The van der Waals surface area contributed by atoms with Crippen LogP contribution < -0.4 is 4.74 Å². The molecule has 3 heteroatoms. The average Bonchev–Trinajstić information content (AvgIpc) is 2.88. The van der Waals surface area contributed by atoms with Crippen molar-refractivity contribution < 1.29 is 14.3 Å². The van der Waals surface area contributed by atoms with Crippen LogP contribution in [0.15, 0.2) is 24.3 Å². The number of ketones is 1. The number of hydrogen-bond donors (Lipinski definition) is 0. The second-order valence-electron chi connectivity index (χ2n) is 4.79. The Hall–Kier alpha value is -1.35. The Morgan fingerprint density at radius 1 is 1.39 bits per heavy atom. The van der Waals surface area contributed by atoms with Crippen molar-refractivity contribution in [3.05, 3.63) is 29.8 Å². The van der Waals surface area contributed by atoms with Gasteiger partial charge in [0.25, 0.3) is 0 Å². The molecule has 0 aliphatic carbocycles. The van der Waals surface area contributed by atoms with Crippen LogP contribution >= 0.6 is 0 Å². The van der Waals surface area contributed by atoms with Crippen molar-refractivity contribution in [1.82, 2.24) is 0 Å². The second-order valence-corrected chi connectivity index (χ2v) is 4.79. The van der Waals surface area contributed by atoms with E-state index in [-0.39, 0.29) is 11.9 Å². The van der Waals surface area contributed by atoms with Gasteiger partial charge in [0.05, 0.1) is 6.10 Å². The second kappa shape index (κ2) is 6.55. The summed E-state index contributed by atoms with van der Waals surface area (Å²) in [5.74, 6) is 1.10. The van der Waals surface area contributed by atoms with Crippen LogP contribution in [-0.2, 0) is 16.0 Å². The number of ether oxygens (including phenoxy) is 2. The maximum atomic E-state index is 10.9. The van der Waals surface area contributed by atoms with Crippen LogP contribution in [0.2, 0.25) is 0 Å². The zero-order valence-corrected chi connectivity index (χ0v) is 10.9. The summed E-state index contributed by atoms with van der Waals surface area (Å²) in [6.07, 6.45) is 3.90. The van der Waals surface area contributed by atoms with E-state index in [1.165, 1.54) is 5.56 Å². The van der Waals surface area contributed by atoms with Gasteiger partial charge in [0.15, 0.2) is 0 Å². The Kier molecular flexibility index (Phi) is 4.76. The number of rotatable bonds is 6. The zero-order chi connectivity index (χ0) is 12.8. The summed E-state index contributed by atoms with van der Waals surface area (Å²) in [7, 11) is 0. The van der Waals surface area contributed by atoms with Crippen molar-refractivity contribution in [3.8, 4) is 5.75 Å². The fourth-order valence-electron chi connectivity index (χ4n) is 2.04. The topological polar surface area (TPSA) is 35.5 Å². The number of aryl methyl sites for hydroxylation is 1. The molecule has 2 rings (SSSR count). The van der Waals surface area contributed by atoms with Gasteiger partial charge >= 0.3 is 0 Å². The molecule has 0 spiro atoms. The summed E-state index contributed by atoms with van der Waals surface area (Å²) in [6.45, 7) is 3.11. The summed E-state index contributed by atoms with van der Waals surface area (Å²) in [5, 5.41) is 0. The van der Waals surface area contributed by atoms with E-state index < -0.39 is 0 Å². The lowest BCUT2D eigenvalue weighted by Gasteiger charge is -2.11. The first-order valence-corrected chi connectivity index (χ1v) is 6.57. The van der Waals surface area contributed by atoms with Gasteiger partial charge in [0.1, 0.15) is 18.1 Å². The predicted octanol–water partition coefficient (Wildman–Crippen LogP) is 2.77. The van der Waals surface area contributed by atoms with E-state index in [4.69, 9.17) is 9.47 Å². The van der Waals surface area contributed by atoms with Crippen LogP contribution in [0.1, 0.15) is 31.7 Å². The van der Waals surface area contributed by atoms with Gasteiger partial charge in [0, 0.05) is 13.0 Å². The highest BCUT2D eigenvalue weighted by molar-refractivity contribution is 5.75. The van der Waals surface area contributed by atoms with E-state index in [0.29, 0.717) is 13.0 Å². The molecule has 98 valence electrons. The van der Waals surface area contributed by atoms with Crippen molar-refractivity contribution in [2.75, 3.05) is 13.2 Å². The summed E-state index contributed by atoms with van der Waals surface area (Å²) >= 11 is 0. The van der Waals surface area contributed by atoms with Crippen molar-refractivity contribution in [1.29, 1.82) is 0 Å². The van der Waals surface area contributed by atoms with E-state index in [9.17, 15) is 4.79 Å². The van der Waals surface area contributed by atoms with Crippen molar-refractivity contribution >= 4 is 5.78 Å². The minimum atomic E-state index is 0.230. The molecule has 1 fully saturated rings. The van der Waals surface area contributed by atoms with Crippen LogP contribution in [0.4, 0.5) is 0 Å². The molecule has 1 atom stereocenters. The summed E-state index contributed by atoms with van der Waals surface area (Å²) in [6, 6.07) is 7.97. The Morgan fingerprint density at radius 2 is 2.17 bits per heavy atom. The lowest BCUT2D eigenvalue weighted by molar-refractivity contribution is -0.116. The SMILES string of the molecule is CC(=O)CCc1ccc(OCC2CCCO2)cc1. The van der Waals surface area contributed by atoms with E-state index in [0.717, 1.165) is 31.6 Å². The number of carbonyl (C=O) groups excluding carboxylic acids is 1. The van der Waals surface area contributed by atoms with Gasteiger partial charge in [-0.3, -0.25) is 0 Å². The highest BCUT2D eigenvalue weighted by Crippen LogP contribution is 2.17. The minimum Gasteiger partial charge on any atom is -0.491 e. The summed E-state index contributed by atoms with van der Waals surface area (Å²) in [5.41, 5.74) is 1.18. The van der Waals surface area contributed by atoms with Gasteiger partial charge in [-0.25, -0.2) is 0 Å². The maximum Gasteiger partial charge on any atom is 0.130 e. The normalized spacial score (nSPS) is 18.8. The molecule has 1 aromatic carbocycles. The Bertz CT molecular complexity index is 377. The van der Waals surface area contributed by atoms with E-state index in [1.807, 2.05) is 24.3 Å². The van der Waals surface area contributed by atoms with E-state index >= 15 is 0 Å². The van der Waals surface area contributed by atoms with Crippen LogP contribution in [-0.4, -0.2) is 25.1 Å². The lowest BCUT2D eigenvalue weighted by atomic mass is 10.1.